The second-order valence-electron chi connectivity index (χ2n) is 13.0. The van der Waals surface area contributed by atoms with Crippen molar-refractivity contribution in [2.75, 3.05) is 19.6 Å². The van der Waals surface area contributed by atoms with E-state index in [1.807, 2.05) is 20.8 Å². The van der Waals surface area contributed by atoms with Crippen molar-refractivity contribution in [3.05, 3.63) is 0 Å². The van der Waals surface area contributed by atoms with E-state index in [4.69, 9.17) is 45.6 Å². The molecule has 0 heterocycles. The predicted octanol–water partition coefficient (Wildman–Crippen LogP) is 4.31. The molecule has 0 rings (SSSR count). The molecule has 0 spiro atoms. The maximum Gasteiger partial charge on any atom is 0.309 e. The molecule has 0 fully saturated rings. The molecule has 0 aromatic heterocycles. The first-order valence-corrected chi connectivity index (χ1v) is 20.4. The van der Waals surface area contributed by atoms with Gasteiger partial charge in [0.25, 0.3) is 0 Å². The van der Waals surface area contributed by atoms with Gasteiger partial charge in [-0.05, 0) is 25.7 Å². The molecule has 0 aliphatic rings. The number of ether oxygens (including phenoxy) is 6. The van der Waals surface area contributed by atoms with Gasteiger partial charge >= 0.3 is 35.8 Å². The highest BCUT2D eigenvalue weighted by Gasteiger charge is 2.19. The lowest BCUT2D eigenvalue weighted by Gasteiger charge is -2.17. The molecule has 0 aromatic rings. The molecular weight excluding hydrogens is 762 g/mol. The van der Waals surface area contributed by atoms with Gasteiger partial charge in [0.1, 0.15) is 17.3 Å². The van der Waals surface area contributed by atoms with E-state index in [2.05, 4.69) is 6.92 Å². The summed E-state index contributed by atoms with van der Waals surface area (Å²) in [5, 5.41) is 0. The van der Waals surface area contributed by atoms with Crippen LogP contribution in [0.5, 0.6) is 0 Å². The van der Waals surface area contributed by atoms with Gasteiger partial charge in [-0.1, -0.05) is 60.3 Å². The molecule has 3 unspecified atom stereocenters. The van der Waals surface area contributed by atoms with Crippen LogP contribution < -0.4 is 17.2 Å². The molecule has 0 aliphatic carbocycles. The molecule has 0 saturated heterocycles. The number of carbonyl (C=O) groups is 9. The van der Waals surface area contributed by atoms with Crippen molar-refractivity contribution in [1.82, 2.24) is 0 Å². The lowest BCUT2D eigenvalue weighted by Crippen LogP contribution is -2.25. The molecule has 0 saturated carbocycles. The fourth-order valence-corrected chi connectivity index (χ4v) is 4.21. The Bertz CT molecular complexity index is 1210. The summed E-state index contributed by atoms with van der Waals surface area (Å²) in [6.07, 6.45) is 6.42. The number of nitrogens with two attached hydrogens (primary N) is 3. The number of carbonyl (C=O) groups excluding carboxylic acids is 9. The molecule has 0 aromatic carbocycles. The maximum atomic E-state index is 11.5. The Hall–Kier alpha value is -4.29. The highest BCUT2D eigenvalue weighted by Crippen LogP contribution is 2.10. The molecule has 336 valence electrons. The second kappa shape index (κ2) is 39.5. The van der Waals surface area contributed by atoms with Crippen LogP contribution in [0.4, 0.5) is 0 Å². The average molecular weight is 834 g/mol. The lowest BCUT2D eigenvalue weighted by atomic mass is 10.1. The summed E-state index contributed by atoms with van der Waals surface area (Å²) in [7, 11) is 0. The van der Waals surface area contributed by atoms with Gasteiger partial charge in [-0.2, -0.15) is 0 Å². The minimum absolute atomic E-state index is 0.0401. The van der Waals surface area contributed by atoms with Crippen molar-refractivity contribution in [1.29, 1.82) is 0 Å². The second-order valence-corrected chi connectivity index (χ2v) is 13.0. The smallest absolute Gasteiger partial charge is 0.309 e. The van der Waals surface area contributed by atoms with Crippen LogP contribution in [0.3, 0.4) is 0 Å². The lowest BCUT2D eigenvalue weighted by molar-refractivity contribution is -0.190. The van der Waals surface area contributed by atoms with Crippen LogP contribution in [-0.2, 0) is 71.6 Å². The summed E-state index contributed by atoms with van der Waals surface area (Å²) in [6.45, 7) is 10.7. The monoisotopic (exact) mass is 833 g/mol. The zero-order valence-electron chi connectivity index (χ0n) is 35.6. The van der Waals surface area contributed by atoms with Crippen molar-refractivity contribution in [2.45, 2.75) is 182 Å². The highest BCUT2D eigenvalue weighted by atomic mass is 16.7. The van der Waals surface area contributed by atoms with Crippen LogP contribution in [-0.4, -0.2) is 91.7 Å². The summed E-state index contributed by atoms with van der Waals surface area (Å²) in [5.41, 5.74) is 15.4. The van der Waals surface area contributed by atoms with E-state index in [0.29, 0.717) is 44.9 Å². The van der Waals surface area contributed by atoms with Crippen LogP contribution in [0, 0.1) is 0 Å². The maximum absolute atomic E-state index is 11.5. The molecule has 18 heteroatoms. The first-order chi connectivity index (χ1) is 27.5. The third-order valence-electron chi connectivity index (χ3n) is 7.40. The minimum atomic E-state index is -0.923. The molecule has 6 N–H and O–H groups in total. The molecule has 0 bridgehead atoms. The summed E-state index contributed by atoms with van der Waals surface area (Å²) in [5.74, 6) is -3.44. The fraction of sp³-hybridized carbons (Fsp3) is 0.775. The Balaban J connectivity index is -0.000000785. The first kappa shape index (κ1) is 58.0. The molecule has 0 aliphatic heterocycles. The van der Waals surface area contributed by atoms with Gasteiger partial charge in [0.2, 0.25) is 18.9 Å². The summed E-state index contributed by atoms with van der Waals surface area (Å²) in [4.78, 5) is 101. The van der Waals surface area contributed by atoms with Gasteiger partial charge in [0.15, 0.2) is 0 Å². The normalized spacial score (nSPS) is 11.7. The first-order valence-electron chi connectivity index (χ1n) is 20.4. The molecule has 18 nitrogen and oxygen atoms in total. The van der Waals surface area contributed by atoms with Crippen molar-refractivity contribution in [3.8, 4) is 0 Å². The van der Waals surface area contributed by atoms with Gasteiger partial charge in [0, 0.05) is 58.3 Å². The predicted molar refractivity (Wildman–Crippen MR) is 212 cm³/mol. The topological polar surface area (TPSA) is 287 Å². The number of rotatable bonds is 31. The van der Waals surface area contributed by atoms with Crippen molar-refractivity contribution in [3.63, 3.8) is 0 Å². The molecule has 3 atom stereocenters. The number of esters is 6. The van der Waals surface area contributed by atoms with E-state index in [1.54, 1.807) is 6.92 Å². The van der Waals surface area contributed by atoms with Gasteiger partial charge in [-0.3, -0.25) is 43.2 Å². The number of hydrogen-bond acceptors (Lipinski definition) is 18. The van der Waals surface area contributed by atoms with E-state index < -0.39 is 42.7 Å². The molecule has 58 heavy (non-hydrogen) atoms. The van der Waals surface area contributed by atoms with Gasteiger partial charge in [-0.15, -0.1) is 0 Å². The van der Waals surface area contributed by atoms with Gasteiger partial charge in [-0.25, -0.2) is 0 Å². The van der Waals surface area contributed by atoms with Crippen LogP contribution in [0.15, 0.2) is 0 Å². The van der Waals surface area contributed by atoms with E-state index in [-0.39, 0.29) is 87.4 Å². The Morgan fingerprint density at radius 2 is 0.724 bits per heavy atom. The van der Waals surface area contributed by atoms with Gasteiger partial charge < -0.3 is 45.6 Å². The molecule has 0 radical (unpaired) electrons. The van der Waals surface area contributed by atoms with Crippen LogP contribution in [0.2, 0.25) is 0 Å². The van der Waals surface area contributed by atoms with E-state index in [1.165, 1.54) is 13.3 Å². The van der Waals surface area contributed by atoms with E-state index in [9.17, 15) is 43.2 Å². The van der Waals surface area contributed by atoms with Crippen LogP contribution in [0.1, 0.15) is 164 Å². The molecule has 0 amide bonds. The third-order valence-corrected chi connectivity index (χ3v) is 7.40. The Morgan fingerprint density at radius 1 is 0.379 bits per heavy atom. The third kappa shape index (κ3) is 38.6. The Morgan fingerprint density at radius 3 is 1.07 bits per heavy atom. The standard InChI is InChI=1S/C15H27NO5.C13H23NO5.C12H21NO5/c1-3-4-5-6-7-8-14(18)20-12(2)21-15(19)10-9-13(17)11-16;1-3-5-11(16)18-13(6-4-2)19-12(17)8-7-10(15)9-14;1-3-5-10(15)17-12(4-2)18-11(16)7-6-9(14)8-13/h12H,3-11,16H2,1-2H3;13H,3-9,14H2,1-2H3;12H,3-8,13H2,1-2H3. The number of Topliss-reactive ketones (excluding diaryl/α,β-unsaturated/α-hetero) is 3. The van der Waals surface area contributed by atoms with Crippen molar-refractivity contribution < 1.29 is 71.6 Å². The highest BCUT2D eigenvalue weighted by molar-refractivity contribution is 5.85. The summed E-state index contributed by atoms with van der Waals surface area (Å²) < 4.78 is 29.8. The van der Waals surface area contributed by atoms with E-state index in [0.717, 1.165) is 32.1 Å². The quantitative estimate of drug-likeness (QED) is 0.0379. The summed E-state index contributed by atoms with van der Waals surface area (Å²) in [6, 6.07) is 0. The van der Waals surface area contributed by atoms with Crippen LogP contribution in [0.25, 0.3) is 0 Å². The largest absolute Gasteiger partial charge is 0.425 e. The number of ketones is 3. The van der Waals surface area contributed by atoms with Crippen molar-refractivity contribution >= 4 is 53.2 Å². The number of unbranched alkanes of at least 4 members (excludes halogenated alkanes) is 4. The fourth-order valence-electron chi connectivity index (χ4n) is 4.21. The van der Waals surface area contributed by atoms with E-state index >= 15 is 0 Å². The zero-order chi connectivity index (χ0) is 44.7. The van der Waals surface area contributed by atoms with Crippen molar-refractivity contribution in [2.24, 2.45) is 17.2 Å². The molecular formula is C40H71N3O15. The SMILES string of the molecule is CCCC(=O)OC(CC)OC(=O)CCC(=O)CN.CCCC(=O)OC(CCC)OC(=O)CCC(=O)CN.CCCCCCCC(=O)OC(C)OC(=O)CCC(=O)CN. The zero-order valence-corrected chi connectivity index (χ0v) is 35.6. The Kier molecular flexibility index (Phi) is 39.6. The van der Waals surface area contributed by atoms with Gasteiger partial charge in [0.05, 0.1) is 38.9 Å². The minimum Gasteiger partial charge on any atom is -0.425 e. The number of hydrogen-bond donors (Lipinski definition) is 3. The Labute approximate surface area is 343 Å². The summed E-state index contributed by atoms with van der Waals surface area (Å²) >= 11 is 0. The van der Waals surface area contributed by atoms with Crippen LogP contribution >= 0.6 is 0 Å². The average Bonchev–Trinajstić information content (AvgIpc) is 3.18.